The minimum absolute atomic E-state index is 0.133. The number of phosphoric ester groups is 1. The normalized spacial score (nSPS) is 13.5. The van der Waals surface area contributed by atoms with Gasteiger partial charge in [0.25, 0.3) is 0 Å². The number of phosphoric acid groups is 1. The van der Waals surface area contributed by atoms with E-state index in [4.69, 9.17) is 19.3 Å². The van der Waals surface area contributed by atoms with Crippen LogP contribution in [0.15, 0.2) is 97.2 Å². The summed E-state index contributed by atoms with van der Waals surface area (Å²) in [6.45, 7) is 3.53. The third-order valence-corrected chi connectivity index (χ3v) is 8.57. The molecule has 0 aromatic rings. The van der Waals surface area contributed by atoms with Crippen LogP contribution in [0.25, 0.3) is 0 Å². The molecule has 0 amide bonds. The van der Waals surface area contributed by atoms with E-state index in [1.54, 1.807) is 0 Å². The lowest BCUT2D eigenvalue weighted by Crippen LogP contribution is -2.29. The van der Waals surface area contributed by atoms with Gasteiger partial charge in [0.05, 0.1) is 6.61 Å². The molecule has 0 saturated heterocycles. The highest BCUT2D eigenvalue weighted by Crippen LogP contribution is 2.36. The third-order valence-electron chi connectivity index (χ3n) is 8.09. The monoisotopic (exact) mass is 773 g/mol. The van der Waals surface area contributed by atoms with E-state index >= 15 is 0 Å². The predicted octanol–water partition coefficient (Wildman–Crippen LogP) is 12.6. The van der Waals surface area contributed by atoms with Gasteiger partial charge in [-0.3, -0.25) is 14.1 Å². The Hall–Kier alpha value is -3.03. The number of ether oxygens (including phenoxy) is 2. The summed E-state index contributed by atoms with van der Waals surface area (Å²) in [6.07, 6.45) is 54.2. The Labute approximate surface area is 328 Å². The quantitative estimate of drug-likeness (QED) is 0.0280. The molecule has 306 valence electrons. The summed E-state index contributed by atoms with van der Waals surface area (Å²) >= 11 is 0. The van der Waals surface area contributed by atoms with Crippen LogP contribution in [0.5, 0.6) is 0 Å². The van der Waals surface area contributed by atoms with Gasteiger partial charge in [0.2, 0.25) is 0 Å². The van der Waals surface area contributed by atoms with Crippen molar-refractivity contribution in [3.8, 4) is 0 Å². The number of carbonyl (C=O) groups is 2. The maximum Gasteiger partial charge on any atom is 0.469 e. The van der Waals surface area contributed by atoms with Gasteiger partial charge in [-0.2, -0.15) is 0 Å². The van der Waals surface area contributed by atoms with Crippen molar-refractivity contribution in [2.45, 2.75) is 161 Å². The van der Waals surface area contributed by atoms with Crippen LogP contribution in [0, 0.1) is 0 Å². The molecule has 0 aromatic heterocycles. The van der Waals surface area contributed by atoms with Gasteiger partial charge in [-0.05, 0) is 89.9 Å². The van der Waals surface area contributed by atoms with Crippen molar-refractivity contribution in [3.63, 3.8) is 0 Å². The van der Waals surface area contributed by atoms with E-state index in [-0.39, 0.29) is 19.4 Å². The van der Waals surface area contributed by atoms with E-state index in [0.29, 0.717) is 12.8 Å². The summed E-state index contributed by atoms with van der Waals surface area (Å²) in [5.74, 6) is -1.02. The SMILES string of the molecule is CCCCC/C=C\C/C=C\C/C=C\C/C=C\C/C=C\CCC(=O)OC[C@H](COP(=O)(O)O)OC(=O)CCCCCC/C=C\C/C=C\C/C=C\CCCCC. The summed E-state index contributed by atoms with van der Waals surface area (Å²) in [7, 11) is -4.78. The zero-order valence-corrected chi connectivity index (χ0v) is 34.5. The summed E-state index contributed by atoms with van der Waals surface area (Å²) in [6, 6.07) is 0. The average molecular weight is 773 g/mol. The standard InChI is InChI=1S/C45H73O8P/c1-3-5-7-9-11-13-15-17-19-21-22-24-25-27-29-31-33-35-37-39-44(46)51-41-43(42-52-54(48,49)50)53-45(47)40-38-36-34-32-30-28-26-23-20-18-16-14-12-10-8-6-4-2/h11-14,17-20,22,24,26-29,33,35,43H,3-10,15-16,21,23,25,30-32,34,36-42H2,1-2H3,(H2,48,49,50)/b13-11-,14-12-,19-17-,20-18-,24-22-,28-26-,29-27-,35-33-/t43-/m1/s1. The maximum atomic E-state index is 12.4. The van der Waals surface area contributed by atoms with E-state index < -0.39 is 32.5 Å². The molecule has 9 heteroatoms. The molecule has 0 aromatic carbocycles. The molecule has 1 atom stereocenters. The molecule has 0 saturated carbocycles. The number of hydrogen-bond acceptors (Lipinski definition) is 6. The van der Waals surface area contributed by atoms with E-state index in [1.165, 1.54) is 51.4 Å². The molecule has 0 aliphatic carbocycles. The molecule has 0 fully saturated rings. The van der Waals surface area contributed by atoms with Crippen molar-refractivity contribution in [1.29, 1.82) is 0 Å². The molecule has 0 rings (SSSR count). The average Bonchev–Trinajstić information content (AvgIpc) is 3.14. The van der Waals surface area contributed by atoms with Gasteiger partial charge >= 0.3 is 19.8 Å². The van der Waals surface area contributed by atoms with Gasteiger partial charge in [-0.1, -0.05) is 150 Å². The molecule has 0 aliphatic heterocycles. The summed E-state index contributed by atoms with van der Waals surface area (Å²) in [4.78, 5) is 42.8. The van der Waals surface area contributed by atoms with Crippen molar-refractivity contribution in [2.24, 2.45) is 0 Å². The molecule has 2 N–H and O–H groups in total. The van der Waals surface area contributed by atoms with Crippen molar-refractivity contribution >= 4 is 19.8 Å². The summed E-state index contributed by atoms with van der Waals surface area (Å²) in [5, 5.41) is 0. The largest absolute Gasteiger partial charge is 0.469 e. The van der Waals surface area contributed by atoms with Crippen molar-refractivity contribution in [2.75, 3.05) is 13.2 Å². The van der Waals surface area contributed by atoms with E-state index in [2.05, 4.69) is 103 Å². The molecule has 0 bridgehead atoms. The van der Waals surface area contributed by atoms with Gasteiger partial charge < -0.3 is 19.3 Å². The first-order chi connectivity index (χ1) is 26.3. The van der Waals surface area contributed by atoms with Crippen LogP contribution in [0.3, 0.4) is 0 Å². The van der Waals surface area contributed by atoms with Crippen LogP contribution in [0.1, 0.15) is 155 Å². The fourth-order valence-corrected chi connectivity index (χ4v) is 5.37. The van der Waals surface area contributed by atoms with Crippen LogP contribution in [0.4, 0.5) is 0 Å². The van der Waals surface area contributed by atoms with Crippen molar-refractivity contribution in [1.82, 2.24) is 0 Å². The van der Waals surface area contributed by atoms with E-state index in [1.807, 2.05) is 12.2 Å². The number of esters is 2. The van der Waals surface area contributed by atoms with Gasteiger partial charge in [-0.25, -0.2) is 4.57 Å². The lowest BCUT2D eigenvalue weighted by atomic mass is 10.1. The Morgan fingerprint density at radius 2 is 0.870 bits per heavy atom. The number of allylic oxidation sites excluding steroid dienone is 16. The molecule has 0 heterocycles. The van der Waals surface area contributed by atoms with E-state index in [9.17, 15) is 14.2 Å². The summed E-state index contributed by atoms with van der Waals surface area (Å²) in [5.41, 5.74) is 0. The highest BCUT2D eigenvalue weighted by molar-refractivity contribution is 7.46. The molecular weight excluding hydrogens is 699 g/mol. The van der Waals surface area contributed by atoms with Crippen molar-refractivity contribution < 1.29 is 37.9 Å². The molecule has 0 aliphatic rings. The predicted molar refractivity (Wildman–Crippen MR) is 225 cm³/mol. The second-order valence-electron chi connectivity index (χ2n) is 13.2. The van der Waals surface area contributed by atoms with Gasteiger partial charge in [0.15, 0.2) is 6.10 Å². The Kier molecular flexibility index (Phi) is 37.4. The minimum atomic E-state index is -4.78. The lowest BCUT2D eigenvalue weighted by Gasteiger charge is -2.18. The molecule has 0 spiro atoms. The fraction of sp³-hybridized carbons (Fsp3) is 0.600. The first-order valence-electron chi connectivity index (χ1n) is 20.5. The zero-order chi connectivity index (χ0) is 39.6. The number of rotatable bonds is 36. The smallest absolute Gasteiger partial charge is 0.462 e. The van der Waals surface area contributed by atoms with Gasteiger partial charge in [0, 0.05) is 12.8 Å². The number of hydrogen-bond donors (Lipinski definition) is 2. The third kappa shape index (κ3) is 41.7. The number of carbonyl (C=O) groups excluding carboxylic acids is 2. The fourth-order valence-electron chi connectivity index (χ4n) is 5.01. The van der Waals surface area contributed by atoms with Crippen LogP contribution >= 0.6 is 7.82 Å². The first kappa shape index (κ1) is 51.0. The zero-order valence-electron chi connectivity index (χ0n) is 33.6. The molecule has 8 nitrogen and oxygen atoms in total. The Morgan fingerprint density at radius 1 is 0.481 bits per heavy atom. The van der Waals surface area contributed by atoms with Gasteiger partial charge in [0.1, 0.15) is 6.61 Å². The van der Waals surface area contributed by atoms with Crippen LogP contribution in [0.2, 0.25) is 0 Å². The highest BCUT2D eigenvalue weighted by Gasteiger charge is 2.22. The Balaban J connectivity index is 4.13. The maximum absolute atomic E-state index is 12.4. The number of unbranched alkanes of at least 4 members (excludes halogenated alkanes) is 10. The minimum Gasteiger partial charge on any atom is -0.462 e. The molecule has 0 radical (unpaired) electrons. The van der Waals surface area contributed by atoms with Crippen molar-refractivity contribution in [3.05, 3.63) is 97.2 Å². The Bertz CT molecular complexity index is 1190. The molecule has 54 heavy (non-hydrogen) atoms. The molecular formula is C45H73O8P. The lowest BCUT2D eigenvalue weighted by molar-refractivity contribution is -0.161. The molecule has 0 unspecified atom stereocenters. The second-order valence-corrected chi connectivity index (χ2v) is 14.5. The first-order valence-corrected chi connectivity index (χ1v) is 22.1. The Morgan fingerprint density at radius 3 is 1.30 bits per heavy atom. The highest BCUT2D eigenvalue weighted by atomic mass is 31.2. The van der Waals surface area contributed by atoms with Gasteiger partial charge in [-0.15, -0.1) is 0 Å². The van der Waals surface area contributed by atoms with Crippen LogP contribution < -0.4 is 0 Å². The second kappa shape index (κ2) is 39.7. The topological polar surface area (TPSA) is 119 Å². The van der Waals surface area contributed by atoms with E-state index in [0.717, 1.165) is 64.2 Å². The van der Waals surface area contributed by atoms with Crippen LogP contribution in [-0.2, 0) is 28.2 Å². The summed E-state index contributed by atoms with van der Waals surface area (Å²) < 4.78 is 26.3. The van der Waals surface area contributed by atoms with Crippen LogP contribution in [-0.4, -0.2) is 41.0 Å².